The first-order valence-corrected chi connectivity index (χ1v) is 5.27. The van der Waals surface area contributed by atoms with E-state index in [1.54, 1.807) is 12.1 Å². The lowest BCUT2D eigenvalue weighted by atomic mass is 9.82. The molecule has 1 aliphatic carbocycles. The van der Waals surface area contributed by atoms with E-state index in [-0.39, 0.29) is 5.82 Å². The third kappa shape index (κ3) is 2.13. The molecule has 2 atom stereocenters. The molecule has 2 N–H and O–H groups in total. The van der Waals surface area contributed by atoms with Gasteiger partial charge in [0.2, 0.25) is 0 Å². The van der Waals surface area contributed by atoms with Crippen LogP contribution in [0.3, 0.4) is 0 Å². The van der Waals surface area contributed by atoms with Gasteiger partial charge in [0.1, 0.15) is 5.82 Å². The minimum absolute atomic E-state index is 0.137. The predicted molar refractivity (Wildman–Crippen MR) is 55.6 cm³/mol. The predicted octanol–water partition coefficient (Wildman–Crippen LogP) is 2.81. The van der Waals surface area contributed by atoms with Crippen molar-refractivity contribution < 1.29 is 4.39 Å². The zero-order valence-corrected chi connectivity index (χ0v) is 8.25. The average Bonchev–Trinajstić information content (AvgIpc) is 2.18. The highest BCUT2D eigenvalue weighted by Gasteiger charge is 2.20. The van der Waals surface area contributed by atoms with Gasteiger partial charge in [-0.2, -0.15) is 0 Å². The second kappa shape index (κ2) is 4.09. The molecule has 1 aromatic rings. The molecule has 0 spiro atoms. The van der Waals surface area contributed by atoms with Crippen molar-refractivity contribution in [3.05, 3.63) is 35.6 Å². The Kier molecular flexibility index (Phi) is 2.82. The van der Waals surface area contributed by atoms with E-state index in [0.717, 1.165) is 24.8 Å². The van der Waals surface area contributed by atoms with Crippen LogP contribution in [0.25, 0.3) is 0 Å². The van der Waals surface area contributed by atoms with Crippen LogP contribution in [-0.4, -0.2) is 6.04 Å². The third-order valence-corrected chi connectivity index (χ3v) is 3.03. The summed E-state index contributed by atoms with van der Waals surface area (Å²) >= 11 is 0. The number of hydrogen-bond donors (Lipinski definition) is 1. The van der Waals surface area contributed by atoms with Gasteiger partial charge in [-0.05, 0) is 42.9 Å². The van der Waals surface area contributed by atoms with Crippen LogP contribution in [0.15, 0.2) is 24.3 Å². The number of hydrogen-bond acceptors (Lipinski definition) is 1. The maximum atomic E-state index is 13.0. The molecule has 1 saturated carbocycles. The van der Waals surface area contributed by atoms with Crippen LogP contribution in [0.4, 0.5) is 4.39 Å². The molecule has 2 rings (SSSR count). The lowest BCUT2D eigenvalue weighted by Gasteiger charge is -2.26. The van der Waals surface area contributed by atoms with Crippen molar-refractivity contribution in [1.82, 2.24) is 0 Å². The van der Waals surface area contributed by atoms with Crippen LogP contribution in [0.1, 0.15) is 37.2 Å². The van der Waals surface area contributed by atoms with E-state index in [4.69, 9.17) is 5.73 Å². The van der Waals surface area contributed by atoms with Gasteiger partial charge >= 0.3 is 0 Å². The van der Waals surface area contributed by atoms with Gasteiger partial charge in [-0.3, -0.25) is 0 Å². The van der Waals surface area contributed by atoms with Crippen molar-refractivity contribution in [3.63, 3.8) is 0 Å². The SMILES string of the molecule is N[C@@H]1CCC[C@H](c2cccc(F)c2)C1. The van der Waals surface area contributed by atoms with Crippen molar-refractivity contribution in [2.24, 2.45) is 5.73 Å². The largest absolute Gasteiger partial charge is 0.328 e. The van der Waals surface area contributed by atoms with Crippen molar-refractivity contribution >= 4 is 0 Å². The maximum Gasteiger partial charge on any atom is 0.123 e. The van der Waals surface area contributed by atoms with Crippen LogP contribution < -0.4 is 5.73 Å². The first-order valence-electron chi connectivity index (χ1n) is 5.27. The second-order valence-electron chi connectivity index (χ2n) is 4.18. The van der Waals surface area contributed by atoms with Crippen LogP contribution in [0, 0.1) is 5.82 Å². The van der Waals surface area contributed by atoms with E-state index in [2.05, 4.69) is 0 Å². The minimum Gasteiger partial charge on any atom is -0.328 e. The molecular formula is C12H16FN. The molecular weight excluding hydrogens is 177 g/mol. The van der Waals surface area contributed by atoms with Crippen molar-refractivity contribution in [1.29, 1.82) is 0 Å². The second-order valence-corrected chi connectivity index (χ2v) is 4.18. The standard InChI is InChI=1S/C12H16FN/c13-11-5-1-3-9(7-11)10-4-2-6-12(14)8-10/h1,3,5,7,10,12H,2,4,6,8,14H2/t10-,12+/m0/s1. The summed E-state index contributed by atoms with van der Waals surface area (Å²) in [5.41, 5.74) is 7.02. The first-order chi connectivity index (χ1) is 6.75. The summed E-state index contributed by atoms with van der Waals surface area (Å²) in [6.45, 7) is 0. The Bertz CT molecular complexity index is 311. The summed E-state index contributed by atoms with van der Waals surface area (Å²) in [7, 11) is 0. The van der Waals surface area contributed by atoms with E-state index in [0.29, 0.717) is 12.0 Å². The Morgan fingerprint density at radius 3 is 2.86 bits per heavy atom. The molecule has 0 aromatic heterocycles. The average molecular weight is 193 g/mol. The van der Waals surface area contributed by atoms with E-state index >= 15 is 0 Å². The molecule has 0 saturated heterocycles. The van der Waals surface area contributed by atoms with Gasteiger partial charge in [-0.1, -0.05) is 18.6 Å². The molecule has 0 unspecified atom stereocenters. The zero-order chi connectivity index (χ0) is 9.97. The Morgan fingerprint density at radius 2 is 2.14 bits per heavy atom. The van der Waals surface area contributed by atoms with E-state index in [1.165, 1.54) is 12.5 Å². The van der Waals surface area contributed by atoms with Gasteiger partial charge in [0.05, 0.1) is 0 Å². The lowest BCUT2D eigenvalue weighted by molar-refractivity contribution is 0.392. The molecule has 14 heavy (non-hydrogen) atoms. The van der Waals surface area contributed by atoms with E-state index < -0.39 is 0 Å². The molecule has 1 aromatic carbocycles. The molecule has 0 bridgehead atoms. The van der Waals surface area contributed by atoms with Gasteiger partial charge in [-0.15, -0.1) is 0 Å². The number of nitrogens with two attached hydrogens (primary N) is 1. The molecule has 2 heteroatoms. The topological polar surface area (TPSA) is 26.0 Å². The smallest absolute Gasteiger partial charge is 0.123 e. The quantitative estimate of drug-likeness (QED) is 0.729. The fourth-order valence-electron chi connectivity index (χ4n) is 2.29. The zero-order valence-electron chi connectivity index (χ0n) is 8.25. The molecule has 0 aliphatic heterocycles. The van der Waals surface area contributed by atoms with Crippen molar-refractivity contribution in [2.45, 2.75) is 37.6 Å². The van der Waals surface area contributed by atoms with Gasteiger partial charge < -0.3 is 5.73 Å². The van der Waals surface area contributed by atoms with Gasteiger partial charge in [0.15, 0.2) is 0 Å². The highest BCUT2D eigenvalue weighted by Crippen LogP contribution is 2.32. The fourth-order valence-corrected chi connectivity index (χ4v) is 2.29. The maximum absolute atomic E-state index is 13.0. The molecule has 76 valence electrons. The Hall–Kier alpha value is -0.890. The van der Waals surface area contributed by atoms with Crippen LogP contribution in [0.2, 0.25) is 0 Å². The van der Waals surface area contributed by atoms with Gasteiger partial charge in [-0.25, -0.2) is 4.39 Å². The molecule has 1 nitrogen and oxygen atoms in total. The summed E-state index contributed by atoms with van der Waals surface area (Å²) in [6, 6.07) is 7.22. The molecule has 0 heterocycles. The third-order valence-electron chi connectivity index (χ3n) is 3.03. The van der Waals surface area contributed by atoms with Crippen molar-refractivity contribution in [3.8, 4) is 0 Å². The van der Waals surface area contributed by atoms with Crippen molar-refractivity contribution in [2.75, 3.05) is 0 Å². The summed E-state index contributed by atoms with van der Waals surface area (Å²) in [5.74, 6) is 0.330. The summed E-state index contributed by atoms with van der Waals surface area (Å²) < 4.78 is 13.0. The summed E-state index contributed by atoms with van der Waals surface area (Å²) in [6.07, 6.45) is 4.44. The lowest BCUT2D eigenvalue weighted by Crippen LogP contribution is -2.26. The first kappa shape index (κ1) is 9.66. The summed E-state index contributed by atoms with van der Waals surface area (Å²) in [5, 5.41) is 0. The Balaban J connectivity index is 2.14. The minimum atomic E-state index is -0.137. The van der Waals surface area contributed by atoms with E-state index in [1.807, 2.05) is 6.07 Å². The normalized spacial score (nSPS) is 27.6. The highest BCUT2D eigenvalue weighted by atomic mass is 19.1. The number of rotatable bonds is 1. The monoisotopic (exact) mass is 193 g/mol. The summed E-state index contributed by atoms with van der Waals surface area (Å²) in [4.78, 5) is 0. The highest BCUT2D eigenvalue weighted by molar-refractivity contribution is 5.21. The van der Waals surface area contributed by atoms with Crippen LogP contribution in [0.5, 0.6) is 0 Å². The fraction of sp³-hybridized carbons (Fsp3) is 0.500. The molecule has 1 fully saturated rings. The molecule has 0 amide bonds. The van der Waals surface area contributed by atoms with Gasteiger partial charge in [0.25, 0.3) is 0 Å². The molecule has 1 aliphatic rings. The van der Waals surface area contributed by atoms with E-state index in [9.17, 15) is 4.39 Å². The Morgan fingerprint density at radius 1 is 1.29 bits per heavy atom. The van der Waals surface area contributed by atoms with Crippen LogP contribution >= 0.6 is 0 Å². The number of benzene rings is 1. The molecule has 0 radical (unpaired) electrons. The Labute approximate surface area is 84.1 Å². The number of halogens is 1. The van der Waals surface area contributed by atoms with Gasteiger partial charge in [0, 0.05) is 6.04 Å². The van der Waals surface area contributed by atoms with Crippen LogP contribution in [-0.2, 0) is 0 Å².